The lowest BCUT2D eigenvalue weighted by molar-refractivity contribution is -0.125. The fraction of sp³-hybridized carbons (Fsp3) is 0.148. The Morgan fingerprint density at radius 3 is 2.59 bits per heavy atom. The van der Waals surface area contributed by atoms with Gasteiger partial charge in [0.15, 0.2) is 5.69 Å². The third kappa shape index (κ3) is 4.83. The normalized spacial score (nSPS) is 15.4. The van der Waals surface area contributed by atoms with Gasteiger partial charge in [-0.2, -0.15) is 10.2 Å². The highest BCUT2D eigenvalue weighted by atomic mass is 16.5. The second kappa shape index (κ2) is 9.62. The van der Waals surface area contributed by atoms with Crippen LogP contribution in [0.2, 0.25) is 0 Å². The first-order valence-corrected chi connectivity index (χ1v) is 11.1. The molecule has 168 valence electrons. The number of azo groups is 1. The van der Waals surface area contributed by atoms with Crippen LogP contribution in [0.15, 0.2) is 101 Å². The van der Waals surface area contributed by atoms with Crippen LogP contribution in [0.4, 0.5) is 0 Å². The summed E-state index contributed by atoms with van der Waals surface area (Å²) in [5.41, 5.74) is 3.76. The van der Waals surface area contributed by atoms with Crippen molar-refractivity contribution in [3.8, 4) is 0 Å². The van der Waals surface area contributed by atoms with E-state index in [0.29, 0.717) is 18.5 Å². The van der Waals surface area contributed by atoms with Crippen molar-refractivity contribution in [2.24, 2.45) is 10.2 Å². The number of carbonyl (C=O) groups is 2. The van der Waals surface area contributed by atoms with Gasteiger partial charge in [0.25, 0.3) is 0 Å². The number of aromatic amines is 1. The van der Waals surface area contributed by atoms with Crippen molar-refractivity contribution in [3.63, 3.8) is 0 Å². The van der Waals surface area contributed by atoms with Crippen LogP contribution in [-0.4, -0.2) is 28.2 Å². The van der Waals surface area contributed by atoms with Crippen molar-refractivity contribution in [2.75, 3.05) is 0 Å². The molecule has 4 aromatic rings. The molecule has 0 saturated heterocycles. The molecule has 1 amide bonds. The molecule has 0 saturated carbocycles. The Morgan fingerprint density at radius 1 is 0.912 bits per heavy atom. The minimum absolute atomic E-state index is 0.127. The number of hydrogen-bond acceptors (Lipinski definition) is 5. The Hall–Kier alpha value is -4.39. The number of ether oxygens (including phenoxy) is 1. The molecular formula is C27H22N4O3. The van der Waals surface area contributed by atoms with Crippen LogP contribution in [0, 0.1) is 0 Å². The molecule has 5 rings (SSSR count). The zero-order valence-corrected chi connectivity index (χ0v) is 18.3. The van der Waals surface area contributed by atoms with Crippen molar-refractivity contribution < 1.29 is 14.3 Å². The van der Waals surface area contributed by atoms with Gasteiger partial charge in [0.2, 0.25) is 6.10 Å². The maximum absolute atomic E-state index is 12.6. The molecular weight excluding hydrogens is 428 g/mol. The van der Waals surface area contributed by atoms with Gasteiger partial charge in [0.1, 0.15) is 0 Å². The number of H-pyrrole nitrogens is 1. The van der Waals surface area contributed by atoms with Crippen LogP contribution in [0.25, 0.3) is 10.8 Å². The first kappa shape index (κ1) is 21.5. The summed E-state index contributed by atoms with van der Waals surface area (Å²) >= 11 is 0. The van der Waals surface area contributed by atoms with Gasteiger partial charge in [-0.05, 0) is 46.9 Å². The summed E-state index contributed by atoms with van der Waals surface area (Å²) in [5.74, 6) is -1.30. The van der Waals surface area contributed by atoms with Crippen LogP contribution in [0.3, 0.4) is 0 Å². The summed E-state index contributed by atoms with van der Waals surface area (Å²) in [6.07, 6.45) is 2.42. The van der Waals surface area contributed by atoms with Crippen LogP contribution in [0.1, 0.15) is 27.3 Å². The maximum atomic E-state index is 12.6. The van der Waals surface area contributed by atoms with E-state index in [2.05, 4.69) is 32.6 Å². The summed E-state index contributed by atoms with van der Waals surface area (Å²) in [6, 6.07) is 25.8. The van der Waals surface area contributed by atoms with E-state index in [-0.39, 0.29) is 5.69 Å². The van der Waals surface area contributed by atoms with E-state index in [0.717, 1.165) is 28.5 Å². The molecule has 1 aromatic heterocycles. The van der Waals surface area contributed by atoms with E-state index in [1.807, 2.05) is 60.7 Å². The van der Waals surface area contributed by atoms with Gasteiger partial charge in [0, 0.05) is 12.1 Å². The fourth-order valence-electron chi connectivity index (χ4n) is 3.96. The Bertz CT molecular complexity index is 1400. The van der Waals surface area contributed by atoms with E-state index in [1.54, 1.807) is 12.1 Å². The lowest BCUT2D eigenvalue weighted by Gasteiger charge is -2.15. The van der Waals surface area contributed by atoms with Crippen LogP contribution < -0.4 is 0 Å². The number of aryl methyl sites for hydroxylation is 2. The number of amides is 1. The first-order chi connectivity index (χ1) is 16.7. The van der Waals surface area contributed by atoms with Gasteiger partial charge in [-0.3, -0.25) is 9.89 Å². The van der Waals surface area contributed by atoms with Gasteiger partial charge in [-0.15, -0.1) is 5.11 Å². The van der Waals surface area contributed by atoms with Gasteiger partial charge < -0.3 is 4.74 Å². The number of rotatable bonds is 7. The monoisotopic (exact) mass is 450 g/mol. The molecule has 2 heterocycles. The topological polar surface area (TPSA) is 96.8 Å². The SMILES string of the molecule is O=C(OC1C=C(Cc2cccc3ccccc23)N=NC1=O)c1cc(CCc2ccccc2)[nH]n1. The maximum Gasteiger partial charge on any atom is 0.359 e. The smallest absolute Gasteiger partial charge is 0.359 e. The molecule has 0 radical (unpaired) electrons. The number of hydrogen-bond donors (Lipinski definition) is 1. The molecule has 34 heavy (non-hydrogen) atoms. The number of aromatic nitrogens is 2. The first-order valence-electron chi connectivity index (χ1n) is 11.1. The number of esters is 1. The van der Waals surface area contributed by atoms with Gasteiger partial charge in [-0.1, -0.05) is 72.8 Å². The fourth-order valence-corrected chi connectivity index (χ4v) is 3.96. The van der Waals surface area contributed by atoms with Crippen molar-refractivity contribution in [1.29, 1.82) is 0 Å². The molecule has 0 bridgehead atoms. The molecule has 1 aliphatic rings. The van der Waals surface area contributed by atoms with Crippen molar-refractivity contribution >= 4 is 22.6 Å². The minimum atomic E-state index is -1.13. The third-order valence-corrected chi connectivity index (χ3v) is 5.72. The predicted octanol–water partition coefficient (Wildman–Crippen LogP) is 4.99. The lowest BCUT2D eigenvalue weighted by atomic mass is 10.0. The number of allylic oxidation sites excluding steroid dienone is 1. The zero-order chi connectivity index (χ0) is 23.3. The number of benzene rings is 3. The average Bonchev–Trinajstić information content (AvgIpc) is 3.35. The molecule has 0 spiro atoms. The van der Waals surface area contributed by atoms with E-state index in [1.165, 1.54) is 5.56 Å². The van der Waals surface area contributed by atoms with E-state index >= 15 is 0 Å². The standard InChI is InChI=1S/C27H22N4O3/c32-26-25(17-22(29-31-26)15-20-11-6-10-19-9-4-5-12-23(19)20)34-27(33)24-16-21(28-30-24)14-13-18-7-2-1-3-8-18/h1-12,16-17,25H,13-15H2,(H,28,30). The van der Waals surface area contributed by atoms with E-state index in [9.17, 15) is 9.59 Å². The Labute approximate surface area is 196 Å². The van der Waals surface area contributed by atoms with E-state index < -0.39 is 18.0 Å². The highest BCUT2D eigenvalue weighted by molar-refractivity contribution is 5.92. The summed E-state index contributed by atoms with van der Waals surface area (Å²) in [6.45, 7) is 0. The predicted molar refractivity (Wildman–Crippen MR) is 127 cm³/mol. The van der Waals surface area contributed by atoms with E-state index in [4.69, 9.17) is 4.74 Å². The molecule has 1 N–H and O–H groups in total. The summed E-state index contributed by atoms with van der Waals surface area (Å²) < 4.78 is 5.42. The number of nitrogens with zero attached hydrogens (tertiary/aromatic N) is 3. The van der Waals surface area contributed by atoms with Gasteiger partial charge in [-0.25, -0.2) is 4.79 Å². The Morgan fingerprint density at radius 2 is 1.71 bits per heavy atom. The van der Waals surface area contributed by atoms with Crippen molar-refractivity contribution in [1.82, 2.24) is 10.2 Å². The van der Waals surface area contributed by atoms with Gasteiger partial charge >= 0.3 is 11.9 Å². The average molecular weight is 450 g/mol. The highest BCUT2D eigenvalue weighted by Crippen LogP contribution is 2.24. The summed E-state index contributed by atoms with van der Waals surface area (Å²) in [4.78, 5) is 24.9. The van der Waals surface area contributed by atoms with Gasteiger partial charge in [0.05, 0.1) is 5.70 Å². The molecule has 7 heteroatoms. The second-order valence-electron chi connectivity index (χ2n) is 8.10. The number of carbonyl (C=O) groups excluding carboxylic acids is 2. The molecule has 0 aliphatic carbocycles. The zero-order valence-electron chi connectivity index (χ0n) is 18.3. The Balaban J connectivity index is 1.25. The molecule has 0 fully saturated rings. The molecule has 7 nitrogen and oxygen atoms in total. The Kier molecular flexibility index (Phi) is 6.07. The highest BCUT2D eigenvalue weighted by Gasteiger charge is 2.26. The van der Waals surface area contributed by atoms with Crippen molar-refractivity contribution in [2.45, 2.75) is 25.4 Å². The van der Waals surface area contributed by atoms with Crippen LogP contribution in [-0.2, 0) is 28.8 Å². The molecule has 1 unspecified atom stereocenters. The molecule has 3 aromatic carbocycles. The summed E-state index contributed by atoms with van der Waals surface area (Å²) in [5, 5.41) is 16.9. The lowest BCUT2D eigenvalue weighted by Crippen LogP contribution is -2.26. The second-order valence-corrected chi connectivity index (χ2v) is 8.10. The van der Waals surface area contributed by atoms with Crippen molar-refractivity contribution in [3.05, 3.63) is 113 Å². The quantitative estimate of drug-likeness (QED) is 0.401. The summed E-state index contributed by atoms with van der Waals surface area (Å²) in [7, 11) is 0. The third-order valence-electron chi connectivity index (χ3n) is 5.72. The molecule has 1 atom stereocenters. The largest absolute Gasteiger partial charge is 0.443 e. The van der Waals surface area contributed by atoms with Crippen LogP contribution >= 0.6 is 0 Å². The minimum Gasteiger partial charge on any atom is -0.443 e. The van der Waals surface area contributed by atoms with Crippen LogP contribution in [0.5, 0.6) is 0 Å². The number of fused-ring (bicyclic) bond motifs is 1. The number of nitrogens with one attached hydrogen (secondary N) is 1. The molecule has 1 aliphatic heterocycles.